The first-order valence-electron chi connectivity index (χ1n) is 8.75. The summed E-state index contributed by atoms with van der Waals surface area (Å²) in [5.41, 5.74) is 3.64. The van der Waals surface area contributed by atoms with E-state index in [9.17, 15) is 9.18 Å². The molecule has 6 heteroatoms. The average molecular weight is 348 g/mol. The average Bonchev–Trinajstić information content (AvgIpc) is 3.16. The fraction of sp³-hybridized carbons (Fsp3) is 0.200. The number of H-pyrrole nitrogens is 2. The van der Waals surface area contributed by atoms with Gasteiger partial charge >= 0.3 is 0 Å². The maximum Gasteiger partial charge on any atom is 0.272 e. The van der Waals surface area contributed by atoms with Crippen LogP contribution in [-0.2, 0) is 0 Å². The number of nitrogens with one attached hydrogen (secondary N) is 3. The van der Waals surface area contributed by atoms with Crippen LogP contribution >= 0.6 is 0 Å². The van der Waals surface area contributed by atoms with E-state index in [0.29, 0.717) is 22.7 Å². The van der Waals surface area contributed by atoms with Gasteiger partial charge < -0.3 is 15.3 Å². The maximum absolute atomic E-state index is 13.3. The molecule has 0 radical (unpaired) electrons. The number of fused-ring (bicyclic) bond motifs is 2. The maximum atomic E-state index is 13.3. The number of hydrogen-bond donors (Lipinski definition) is 3. The van der Waals surface area contributed by atoms with Crippen molar-refractivity contribution in [2.24, 2.45) is 0 Å². The van der Waals surface area contributed by atoms with Gasteiger partial charge in [0.2, 0.25) is 0 Å². The first-order chi connectivity index (χ1) is 12.7. The van der Waals surface area contributed by atoms with Gasteiger partial charge in [0, 0.05) is 22.5 Å². The largest absolute Gasteiger partial charge is 0.351 e. The van der Waals surface area contributed by atoms with Crippen LogP contribution in [0.5, 0.6) is 0 Å². The van der Waals surface area contributed by atoms with Gasteiger partial charge in [0.15, 0.2) is 0 Å². The van der Waals surface area contributed by atoms with E-state index in [2.05, 4.69) is 20.3 Å². The minimum absolute atomic E-state index is 0.264. The first-order valence-corrected chi connectivity index (χ1v) is 8.75. The van der Waals surface area contributed by atoms with E-state index in [1.807, 2.05) is 18.2 Å². The van der Waals surface area contributed by atoms with E-state index >= 15 is 0 Å². The number of aromatic nitrogens is 3. The lowest BCUT2D eigenvalue weighted by Crippen LogP contribution is -2.12. The van der Waals surface area contributed by atoms with Gasteiger partial charge in [-0.3, -0.25) is 4.79 Å². The molecule has 5 nitrogen and oxygen atoms in total. The van der Waals surface area contributed by atoms with E-state index < -0.39 is 0 Å². The summed E-state index contributed by atoms with van der Waals surface area (Å²) in [6, 6.07) is 11.7. The molecule has 0 unspecified atom stereocenters. The van der Waals surface area contributed by atoms with Crippen molar-refractivity contribution in [1.29, 1.82) is 0 Å². The van der Waals surface area contributed by atoms with Crippen molar-refractivity contribution in [3.8, 4) is 0 Å². The lowest BCUT2D eigenvalue weighted by Gasteiger charge is -2.22. The fourth-order valence-corrected chi connectivity index (χ4v) is 3.41. The zero-order valence-corrected chi connectivity index (χ0v) is 14.0. The minimum atomic E-state index is -0.324. The third-order valence-electron chi connectivity index (χ3n) is 5.08. The number of anilines is 1. The molecule has 0 saturated heterocycles. The van der Waals surface area contributed by atoms with Gasteiger partial charge in [-0.05, 0) is 55.3 Å². The Kier molecular flexibility index (Phi) is 3.31. The second-order valence-electron chi connectivity index (χ2n) is 6.85. The summed E-state index contributed by atoms with van der Waals surface area (Å²) < 4.78 is 13.3. The van der Waals surface area contributed by atoms with E-state index in [0.717, 1.165) is 22.4 Å². The zero-order chi connectivity index (χ0) is 17.7. The Hall–Kier alpha value is -3.15. The second-order valence-corrected chi connectivity index (χ2v) is 6.85. The molecule has 0 spiro atoms. The summed E-state index contributed by atoms with van der Waals surface area (Å²) in [7, 11) is 0. The molecule has 130 valence electrons. The SMILES string of the molecule is O=C(Nc1ccc2nc(C3CCC3)[nH]c2c1)c1cc2cc(F)ccc2[nH]1. The van der Waals surface area contributed by atoms with Gasteiger partial charge in [-0.1, -0.05) is 6.42 Å². The highest BCUT2D eigenvalue weighted by atomic mass is 19.1. The topological polar surface area (TPSA) is 73.6 Å². The molecule has 1 fully saturated rings. The third kappa shape index (κ3) is 2.54. The van der Waals surface area contributed by atoms with Gasteiger partial charge in [0.1, 0.15) is 17.3 Å². The fourth-order valence-electron chi connectivity index (χ4n) is 3.41. The van der Waals surface area contributed by atoms with Crippen LogP contribution in [0.25, 0.3) is 21.9 Å². The molecule has 0 atom stereocenters. The standard InChI is InChI=1S/C20H17FN4O/c21-13-4-6-15-12(8-13)9-18(23-15)20(26)22-14-5-7-16-17(10-14)25-19(24-16)11-2-1-3-11/h4-11,23H,1-3H2,(H,22,26)(H,24,25). The van der Waals surface area contributed by atoms with E-state index in [4.69, 9.17) is 0 Å². The van der Waals surface area contributed by atoms with Gasteiger partial charge in [-0.25, -0.2) is 9.37 Å². The number of benzene rings is 2. The molecule has 0 aliphatic heterocycles. The lowest BCUT2D eigenvalue weighted by atomic mass is 9.85. The zero-order valence-electron chi connectivity index (χ0n) is 14.0. The second kappa shape index (κ2) is 5.69. The van der Waals surface area contributed by atoms with Crippen LogP contribution in [0.4, 0.5) is 10.1 Å². The molecular weight excluding hydrogens is 331 g/mol. The number of carbonyl (C=O) groups is 1. The smallest absolute Gasteiger partial charge is 0.272 e. The van der Waals surface area contributed by atoms with E-state index in [1.54, 1.807) is 12.1 Å². The quantitative estimate of drug-likeness (QED) is 0.502. The summed E-state index contributed by atoms with van der Waals surface area (Å²) in [5.74, 6) is 0.981. The number of imidazole rings is 1. The summed E-state index contributed by atoms with van der Waals surface area (Å²) in [6.07, 6.45) is 3.63. The van der Waals surface area contributed by atoms with Gasteiger partial charge in [-0.2, -0.15) is 0 Å². The Morgan fingerprint density at radius 3 is 2.77 bits per heavy atom. The molecule has 2 heterocycles. The molecule has 1 aliphatic carbocycles. The van der Waals surface area contributed by atoms with Crippen molar-refractivity contribution in [2.75, 3.05) is 5.32 Å². The van der Waals surface area contributed by atoms with E-state index in [1.165, 1.54) is 31.4 Å². The van der Waals surface area contributed by atoms with Crippen LogP contribution in [0, 0.1) is 5.82 Å². The van der Waals surface area contributed by atoms with Crippen LogP contribution < -0.4 is 5.32 Å². The third-order valence-corrected chi connectivity index (χ3v) is 5.08. The number of amides is 1. The first kappa shape index (κ1) is 15.1. The molecular formula is C20H17FN4O. The Morgan fingerprint density at radius 2 is 1.96 bits per heavy atom. The van der Waals surface area contributed by atoms with Crippen LogP contribution in [0.1, 0.15) is 41.5 Å². The van der Waals surface area contributed by atoms with Crippen LogP contribution in [-0.4, -0.2) is 20.9 Å². The van der Waals surface area contributed by atoms with Gasteiger partial charge in [0.25, 0.3) is 5.91 Å². The highest BCUT2D eigenvalue weighted by Crippen LogP contribution is 2.35. The monoisotopic (exact) mass is 348 g/mol. The van der Waals surface area contributed by atoms with Gasteiger partial charge in [-0.15, -0.1) is 0 Å². The summed E-state index contributed by atoms with van der Waals surface area (Å²) in [4.78, 5) is 23.5. The number of rotatable bonds is 3. The number of carbonyl (C=O) groups excluding carboxylic acids is 1. The molecule has 1 aliphatic rings. The number of nitrogens with zero attached hydrogens (tertiary/aromatic N) is 1. The minimum Gasteiger partial charge on any atom is -0.351 e. The van der Waals surface area contributed by atoms with Crippen molar-refractivity contribution in [3.05, 3.63) is 59.8 Å². The molecule has 1 amide bonds. The molecule has 5 rings (SSSR count). The normalized spacial score (nSPS) is 14.7. The van der Waals surface area contributed by atoms with Crippen molar-refractivity contribution in [3.63, 3.8) is 0 Å². The summed E-state index contributed by atoms with van der Waals surface area (Å²) in [6.45, 7) is 0. The van der Waals surface area contributed by atoms with Crippen molar-refractivity contribution in [1.82, 2.24) is 15.0 Å². The van der Waals surface area contributed by atoms with Crippen LogP contribution in [0.2, 0.25) is 0 Å². The molecule has 2 aromatic heterocycles. The number of halogens is 1. The predicted molar refractivity (Wildman–Crippen MR) is 98.9 cm³/mol. The Balaban J connectivity index is 1.41. The molecule has 2 aromatic carbocycles. The summed E-state index contributed by atoms with van der Waals surface area (Å²) >= 11 is 0. The van der Waals surface area contributed by atoms with Crippen LogP contribution in [0.3, 0.4) is 0 Å². The number of aromatic amines is 2. The summed E-state index contributed by atoms with van der Waals surface area (Å²) in [5, 5.41) is 3.55. The molecule has 3 N–H and O–H groups in total. The predicted octanol–water partition coefficient (Wildman–Crippen LogP) is 4.70. The van der Waals surface area contributed by atoms with E-state index in [-0.39, 0.29) is 11.7 Å². The van der Waals surface area contributed by atoms with Crippen LogP contribution in [0.15, 0.2) is 42.5 Å². The molecule has 26 heavy (non-hydrogen) atoms. The Labute approximate surface area is 148 Å². The highest BCUT2D eigenvalue weighted by Gasteiger charge is 2.22. The van der Waals surface area contributed by atoms with Crippen molar-refractivity contribution in [2.45, 2.75) is 25.2 Å². The molecule has 0 bridgehead atoms. The Morgan fingerprint density at radius 1 is 1.08 bits per heavy atom. The van der Waals surface area contributed by atoms with Gasteiger partial charge in [0.05, 0.1) is 11.0 Å². The van der Waals surface area contributed by atoms with Crippen molar-refractivity contribution >= 4 is 33.5 Å². The lowest BCUT2D eigenvalue weighted by molar-refractivity contribution is 0.102. The Bertz CT molecular complexity index is 1140. The number of hydrogen-bond acceptors (Lipinski definition) is 2. The molecule has 4 aromatic rings. The molecule has 1 saturated carbocycles. The highest BCUT2D eigenvalue weighted by molar-refractivity contribution is 6.06. The van der Waals surface area contributed by atoms with Crippen molar-refractivity contribution < 1.29 is 9.18 Å².